The summed E-state index contributed by atoms with van der Waals surface area (Å²) in [4.78, 5) is 39.4. The monoisotopic (exact) mass is 491 g/mol. The van der Waals surface area contributed by atoms with Crippen LogP contribution in [-0.4, -0.2) is 41.9 Å². The van der Waals surface area contributed by atoms with Crippen molar-refractivity contribution in [2.45, 2.75) is 25.7 Å². The summed E-state index contributed by atoms with van der Waals surface area (Å²) in [6.07, 6.45) is 0.458. The van der Waals surface area contributed by atoms with Crippen LogP contribution in [0, 0.1) is 5.92 Å². The van der Waals surface area contributed by atoms with Crippen molar-refractivity contribution in [1.82, 2.24) is 0 Å². The second-order valence-electron chi connectivity index (χ2n) is 8.23. The number of amides is 1. The van der Waals surface area contributed by atoms with E-state index in [9.17, 15) is 24.6 Å². The summed E-state index contributed by atoms with van der Waals surface area (Å²) >= 11 is 0. The molecule has 0 saturated heterocycles. The molecule has 188 valence electrons. The Bertz CT molecular complexity index is 1150. The largest absolute Gasteiger partial charge is 0.504 e. The van der Waals surface area contributed by atoms with Crippen LogP contribution in [0.5, 0.6) is 23.0 Å². The van der Waals surface area contributed by atoms with Gasteiger partial charge in [0.05, 0.1) is 14.2 Å². The number of ether oxygens (including phenoxy) is 2. The molecule has 1 amide bonds. The number of hydrogen-bond acceptors (Lipinski definition) is 7. The number of aromatic hydroxyl groups is 2. The number of para-hydroxylation sites is 1. The van der Waals surface area contributed by atoms with E-state index in [1.54, 1.807) is 54.6 Å². The summed E-state index contributed by atoms with van der Waals surface area (Å²) in [6, 6.07) is 18.1. The highest BCUT2D eigenvalue weighted by atomic mass is 16.5. The molecule has 0 bridgehead atoms. The van der Waals surface area contributed by atoms with E-state index in [0.29, 0.717) is 5.69 Å². The van der Waals surface area contributed by atoms with Crippen LogP contribution in [0.4, 0.5) is 5.69 Å². The van der Waals surface area contributed by atoms with Crippen molar-refractivity contribution in [3.8, 4) is 23.0 Å². The minimum atomic E-state index is -1.47. The topological polar surface area (TPSA) is 122 Å². The van der Waals surface area contributed by atoms with Crippen LogP contribution in [0.2, 0.25) is 0 Å². The molecule has 0 aliphatic rings. The molecule has 0 aliphatic heterocycles. The molecule has 0 aliphatic carbocycles. The van der Waals surface area contributed by atoms with E-state index in [-0.39, 0.29) is 48.7 Å². The Hall–Kier alpha value is -4.33. The Morgan fingerprint density at radius 2 is 1.22 bits per heavy atom. The second kappa shape index (κ2) is 12.4. The molecule has 0 heterocycles. The minimum Gasteiger partial charge on any atom is -0.504 e. The average Bonchev–Trinajstić information content (AvgIpc) is 2.88. The molecular weight excluding hydrogens is 462 g/mol. The van der Waals surface area contributed by atoms with Crippen LogP contribution in [-0.2, 0) is 27.2 Å². The first kappa shape index (κ1) is 26.3. The number of anilines is 1. The predicted octanol–water partition coefficient (Wildman–Crippen LogP) is 4.07. The molecule has 0 saturated carbocycles. The number of carbonyl (C=O) groups is 3. The zero-order valence-electron chi connectivity index (χ0n) is 20.2. The Balaban J connectivity index is 1.74. The summed E-state index contributed by atoms with van der Waals surface area (Å²) < 4.78 is 10.2. The number of ketones is 2. The Labute approximate surface area is 209 Å². The Morgan fingerprint density at radius 3 is 1.67 bits per heavy atom. The number of phenolic OH excluding ortho intramolecular Hbond substituents is 2. The minimum absolute atomic E-state index is 0.0197. The number of benzene rings is 3. The highest BCUT2D eigenvalue weighted by molar-refractivity contribution is 6.21. The van der Waals surface area contributed by atoms with Gasteiger partial charge < -0.3 is 25.0 Å². The highest BCUT2D eigenvalue weighted by Crippen LogP contribution is 2.28. The maximum atomic E-state index is 13.2. The fourth-order valence-electron chi connectivity index (χ4n) is 3.79. The number of aryl methyl sites for hydroxylation is 2. The standard InChI is InChI=1S/C28H29NO7/c1-35-25-16-18(8-12-21(25)30)10-14-23(32)27(28(34)29-20-6-4-3-5-7-20)24(33)15-11-19-9-13-22(31)26(17-19)36-2/h3-9,12-13,16-17,27,30-31H,10-11,14-15H2,1-2H3,(H,29,34). The van der Waals surface area contributed by atoms with E-state index in [4.69, 9.17) is 9.47 Å². The quantitative estimate of drug-likeness (QED) is 0.326. The maximum Gasteiger partial charge on any atom is 0.242 e. The predicted molar refractivity (Wildman–Crippen MR) is 135 cm³/mol. The van der Waals surface area contributed by atoms with Gasteiger partial charge in [0.15, 0.2) is 40.5 Å². The van der Waals surface area contributed by atoms with E-state index in [2.05, 4.69) is 5.32 Å². The van der Waals surface area contributed by atoms with Crippen molar-refractivity contribution in [2.75, 3.05) is 19.5 Å². The van der Waals surface area contributed by atoms with Gasteiger partial charge in [-0.3, -0.25) is 14.4 Å². The van der Waals surface area contributed by atoms with Crippen LogP contribution in [0.1, 0.15) is 24.0 Å². The summed E-state index contributed by atoms with van der Waals surface area (Å²) in [5.74, 6) is -2.63. The lowest BCUT2D eigenvalue weighted by Crippen LogP contribution is -2.36. The smallest absolute Gasteiger partial charge is 0.242 e. The third-order valence-electron chi connectivity index (χ3n) is 5.76. The first-order valence-corrected chi connectivity index (χ1v) is 11.5. The van der Waals surface area contributed by atoms with Gasteiger partial charge in [-0.1, -0.05) is 30.3 Å². The molecule has 0 unspecified atom stereocenters. The van der Waals surface area contributed by atoms with Crippen LogP contribution in [0.15, 0.2) is 66.7 Å². The number of carbonyl (C=O) groups excluding carboxylic acids is 3. The molecule has 0 fully saturated rings. The summed E-state index contributed by atoms with van der Waals surface area (Å²) in [5.41, 5.74) is 1.94. The van der Waals surface area contributed by atoms with Crippen molar-refractivity contribution in [2.24, 2.45) is 5.92 Å². The molecule has 8 nitrogen and oxygen atoms in total. The SMILES string of the molecule is COc1cc(CCC(=O)C(C(=O)CCc2ccc(O)c(OC)c2)C(=O)Nc2ccccc2)ccc1O. The lowest BCUT2D eigenvalue weighted by molar-refractivity contribution is -0.138. The number of methoxy groups -OCH3 is 2. The molecule has 3 aromatic rings. The van der Waals surface area contributed by atoms with Crippen LogP contribution in [0.25, 0.3) is 0 Å². The van der Waals surface area contributed by atoms with Crippen molar-refractivity contribution in [3.05, 3.63) is 77.9 Å². The summed E-state index contributed by atoms with van der Waals surface area (Å²) in [5, 5.41) is 22.2. The first-order chi connectivity index (χ1) is 17.3. The molecular formula is C28H29NO7. The van der Waals surface area contributed by atoms with Gasteiger partial charge in [-0.15, -0.1) is 0 Å². The van der Waals surface area contributed by atoms with Gasteiger partial charge in [0, 0.05) is 18.5 Å². The number of rotatable bonds is 12. The summed E-state index contributed by atoms with van der Waals surface area (Å²) in [7, 11) is 2.85. The molecule has 3 aromatic carbocycles. The van der Waals surface area contributed by atoms with Gasteiger partial charge in [0.2, 0.25) is 5.91 Å². The van der Waals surface area contributed by atoms with Gasteiger partial charge in [-0.2, -0.15) is 0 Å². The zero-order valence-corrected chi connectivity index (χ0v) is 20.2. The molecule has 3 N–H and O–H groups in total. The Morgan fingerprint density at radius 1 is 0.750 bits per heavy atom. The fraction of sp³-hybridized carbons (Fsp3) is 0.250. The lowest BCUT2D eigenvalue weighted by atomic mass is 9.90. The molecule has 0 aromatic heterocycles. The number of hydrogen-bond donors (Lipinski definition) is 3. The van der Waals surface area contributed by atoms with Crippen molar-refractivity contribution in [1.29, 1.82) is 0 Å². The molecule has 0 spiro atoms. The fourth-order valence-corrected chi connectivity index (χ4v) is 3.79. The first-order valence-electron chi connectivity index (χ1n) is 11.5. The number of phenols is 2. The van der Waals surface area contributed by atoms with E-state index in [0.717, 1.165) is 11.1 Å². The van der Waals surface area contributed by atoms with E-state index >= 15 is 0 Å². The van der Waals surface area contributed by atoms with Crippen LogP contribution in [0.3, 0.4) is 0 Å². The van der Waals surface area contributed by atoms with E-state index in [1.165, 1.54) is 26.4 Å². The van der Waals surface area contributed by atoms with Crippen molar-refractivity contribution >= 4 is 23.2 Å². The van der Waals surface area contributed by atoms with Gasteiger partial charge in [-0.25, -0.2) is 0 Å². The van der Waals surface area contributed by atoms with Gasteiger partial charge >= 0.3 is 0 Å². The molecule has 0 atom stereocenters. The van der Waals surface area contributed by atoms with Crippen molar-refractivity contribution < 1.29 is 34.1 Å². The van der Waals surface area contributed by atoms with E-state index in [1.807, 2.05) is 0 Å². The van der Waals surface area contributed by atoms with Gasteiger partial charge in [-0.05, 0) is 60.4 Å². The van der Waals surface area contributed by atoms with Gasteiger partial charge in [0.25, 0.3) is 0 Å². The number of Topliss-reactive ketones (excluding diaryl/α,β-unsaturated/α-hetero) is 2. The molecule has 36 heavy (non-hydrogen) atoms. The second-order valence-corrected chi connectivity index (χ2v) is 8.23. The van der Waals surface area contributed by atoms with Crippen LogP contribution >= 0.6 is 0 Å². The molecule has 8 heteroatoms. The lowest BCUT2D eigenvalue weighted by Gasteiger charge is -2.16. The average molecular weight is 492 g/mol. The van der Waals surface area contributed by atoms with Crippen molar-refractivity contribution in [3.63, 3.8) is 0 Å². The Kier molecular flexibility index (Phi) is 9.05. The van der Waals surface area contributed by atoms with Crippen LogP contribution < -0.4 is 14.8 Å². The van der Waals surface area contributed by atoms with Gasteiger partial charge in [0.1, 0.15) is 0 Å². The zero-order chi connectivity index (χ0) is 26.1. The summed E-state index contributed by atoms with van der Waals surface area (Å²) in [6.45, 7) is 0. The third-order valence-corrected chi connectivity index (χ3v) is 5.76. The highest BCUT2D eigenvalue weighted by Gasteiger charge is 2.33. The maximum absolute atomic E-state index is 13.2. The third kappa shape index (κ3) is 6.85. The van der Waals surface area contributed by atoms with E-state index < -0.39 is 23.4 Å². The molecule has 0 radical (unpaired) electrons. The number of nitrogens with one attached hydrogen (secondary N) is 1. The molecule has 3 rings (SSSR count). The normalized spacial score (nSPS) is 10.6.